The largest absolute Gasteiger partial charge is 0.383 e. The molecular weight excluding hydrogens is 328 g/mol. The number of nitrogens with one attached hydrogen (secondary N) is 2. The summed E-state index contributed by atoms with van der Waals surface area (Å²) in [5.41, 5.74) is 1.43. The van der Waals surface area contributed by atoms with Crippen LogP contribution in [-0.2, 0) is 17.8 Å². The molecule has 1 aliphatic heterocycles. The predicted octanol–water partition coefficient (Wildman–Crippen LogP) is -0.856. The number of tetrazole rings is 1. The van der Waals surface area contributed by atoms with Crippen LogP contribution in [0, 0.1) is 0 Å². The van der Waals surface area contributed by atoms with E-state index >= 15 is 0 Å². The molecule has 26 heavy (non-hydrogen) atoms. The van der Waals surface area contributed by atoms with E-state index in [0.717, 1.165) is 31.8 Å². The number of quaternary nitrogens is 2. The molecule has 1 aliphatic rings. The third kappa shape index (κ3) is 4.87. The summed E-state index contributed by atoms with van der Waals surface area (Å²) in [7, 11) is 1.72. The fourth-order valence-corrected chi connectivity index (χ4v) is 3.94. The van der Waals surface area contributed by atoms with E-state index < -0.39 is 0 Å². The van der Waals surface area contributed by atoms with Crippen molar-refractivity contribution in [2.75, 3.05) is 39.9 Å². The first-order valence-electron chi connectivity index (χ1n) is 9.79. The van der Waals surface area contributed by atoms with Crippen molar-refractivity contribution in [2.45, 2.75) is 38.9 Å². The van der Waals surface area contributed by atoms with E-state index in [1.54, 1.807) is 16.9 Å². The molecular formula is C19H32N6O+2. The van der Waals surface area contributed by atoms with Crippen molar-refractivity contribution in [3.8, 4) is 0 Å². The number of hydrogen-bond acceptors (Lipinski definition) is 4. The average molecular weight is 361 g/mol. The van der Waals surface area contributed by atoms with Crippen LogP contribution in [0.1, 0.15) is 37.2 Å². The summed E-state index contributed by atoms with van der Waals surface area (Å²) < 4.78 is 7.13. The van der Waals surface area contributed by atoms with Gasteiger partial charge in [0, 0.05) is 19.1 Å². The van der Waals surface area contributed by atoms with Crippen molar-refractivity contribution in [2.24, 2.45) is 0 Å². The van der Waals surface area contributed by atoms with Gasteiger partial charge < -0.3 is 14.5 Å². The van der Waals surface area contributed by atoms with Crippen LogP contribution in [0.2, 0.25) is 0 Å². The molecule has 3 rings (SSSR count). The summed E-state index contributed by atoms with van der Waals surface area (Å²) in [6.07, 6.45) is 2.27. The van der Waals surface area contributed by atoms with Gasteiger partial charge in [-0.15, -0.1) is 5.10 Å². The first-order valence-corrected chi connectivity index (χ1v) is 9.79. The Morgan fingerprint density at radius 1 is 1.15 bits per heavy atom. The molecule has 0 amide bonds. The number of ether oxygens (including phenoxy) is 1. The number of aromatic nitrogens is 4. The number of piperazine rings is 1. The fraction of sp³-hybridized carbons (Fsp3) is 0.632. The van der Waals surface area contributed by atoms with Crippen molar-refractivity contribution in [1.82, 2.24) is 20.2 Å². The van der Waals surface area contributed by atoms with Crippen LogP contribution in [0.4, 0.5) is 0 Å². The third-order valence-electron chi connectivity index (χ3n) is 5.34. The van der Waals surface area contributed by atoms with Crippen LogP contribution in [-0.4, -0.2) is 60.1 Å². The lowest BCUT2D eigenvalue weighted by atomic mass is 10.1. The van der Waals surface area contributed by atoms with Crippen LogP contribution >= 0.6 is 0 Å². The van der Waals surface area contributed by atoms with Crippen molar-refractivity contribution in [1.29, 1.82) is 0 Å². The van der Waals surface area contributed by atoms with Crippen LogP contribution < -0.4 is 9.80 Å². The second-order valence-corrected chi connectivity index (χ2v) is 7.16. The van der Waals surface area contributed by atoms with Crippen molar-refractivity contribution in [3.05, 3.63) is 41.7 Å². The molecule has 0 aliphatic carbocycles. The van der Waals surface area contributed by atoms with Crippen LogP contribution in [0.15, 0.2) is 30.3 Å². The standard InChI is InChI=1S/C19H30N6O/c1-3-7-18(19-20-21-22-25(19)14-15-26-2)24-12-10-23(11-13-24)16-17-8-5-4-6-9-17/h4-6,8-9,18H,3,7,10-16H2,1-2H3/p+2/t18-/m1/s1. The van der Waals surface area contributed by atoms with Gasteiger partial charge in [-0.3, -0.25) is 0 Å². The maximum atomic E-state index is 5.20. The molecule has 2 heterocycles. The van der Waals surface area contributed by atoms with Gasteiger partial charge in [0.05, 0.1) is 13.2 Å². The van der Waals surface area contributed by atoms with Crippen LogP contribution in [0.5, 0.6) is 0 Å². The Bertz CT molecular complexity index is 638. The predicted molar refractivity (Wildman–Crippen MR) is 98.9 cm³/mol. The molecule has 1 aromatic carbocycles. The average Bonchev–Trinajstić information content (AvgIpc) is 3.14. The second-order valence-electron chi connectivity index (χ2n) is 7.16. The molecule has 0 bridgehead atoms. The molecule has 0 radical (unpaired) electrons. The minimum Gasteiger partial charge on any atom is -0.383 e. The van der Waals surface area contributed by atoms with E-state index in [4.69, 9.17) is 4.74 Å². The summed E-state index contributed by atoms with van der Waals surface area (Å²) in [6, 6.07) is 11.2. The highest BCUT2D eigenvalue weighted by Crippen LogP contribution is 2.12. The Morgan fingerprint density at radius 2 is 1.92 bits per heavy atom. The van der Waals surface area contributed by atoms with Gasteiger partial charge in [0.25, 0.3) is 0 Å². The molecule has 0 saturated carbocycles. The Balaban J connectivity index is 1.61. The molecule has 2 aromatic rings. The Labute approximate surface area is 155 Å². The molecule has 2 N–H and O–H groups in total. The summed E-state index contributed by atoms with van der Waals surface area (Å²) in [5.74, 6) is 1.02. The molecule has 1 saturated heterocycles. The Morgan fingerprint density at radius 3 is 2.62 bits per heavy atom. The van der Waals surface area contributed by atoms with E-state index in [0.29, 0.717) is 12.6 Å². The van der Waals surface area contributed by atoms with E-state index in [1.165, 1.54) is 31.7 Å². The number of nitrogens with zero attached hydrogens (tertiary/aromatic N) is 4. The van der Waals surface area contributed by atoms with Crippen LogP contribution in [0.3, 0.4) is 0 Å². The van der Waals surface area contributed by atoms with Gasteiger partial charge in [0.1, 0.15) is 38.8 Å². The number of rotatable bonds is 9. The molecule has 142 valence electrons. The topological polar surface area (TPSA) is 61.7 Å². The summed E-state index contributed by atoms with van der Waals surface area (Å²) in [5, 5.41) is 12.5. The summed E-state index contributed by atoms with van der Waals surface area (Å²) in [4.78, 5) is 3.30. The summed E-state index contributed by atoms with van der Waals surface area (Å²) >= 11 is 0. The zero-order valence-electron chi connectivity index (χ0n) is 16.0. The van der Waals surface area contributed by atoms with E-state index in [-0.39, 0.29) is 0 Å². The van der Waals surface area contributed by atoms with Gasteiger partial charge >= 0.3 is 0 Å². The van der Waals surface area contributed by atoms with Gasteiger partial charge in [-0.1, -0.05) is 43.7 Å². The van der Waals surface area contributed by atoms with E-state index in [1.807, 2.05) is 4.68 Å². The quantitative estimate of drug-likeness (QED) is 0.611. The highest BCUT2D eigenvalue weighted by atomic mass is 16.5. The maximum Gasteiger partial charge on any atom is 0.209 e. The summed E-state index contributed by atoms with van der Waals surface area (Å²) in [6.45, 7) is 9.46. The highest BCUT2D eigenvalue weighted by Gasteiger charge is 2.33. The third-order valence-corrected chi connectivity index (χ3v) is 5.34. The lowest BCUT2D eigenvalue weighted by Crippen LogP contribution is -3.27. The highest BCUT2D eigenvalue weighted by molar-refractivity contribution is 5.13. The fourth-order valence-electron chi connectivity index (χ4n) is 3.94. The monoisotopic (exact) mass is 360 g/mol. The van der Waals surface area contributed by atoms with Crippen molar-refractivity contribution < 1.29 is 14.5 Å². The molecule has 7 nitrogen and oxygen atoms in total. The van der Waals surface area contributed by atoms with E-state index in [2.05, 4.69) is 52.8 Å². The van der Waals surface area contributed by atoms with Gasteiger partial charge in [-0.25, -0.2) is 4.68 Å². The van der Waals surface area contributed by atoms with E-state index in [9.17, 15) is 0 Å². The van der Waals surface area contributed by atoms with Gasteiger partial charge in [0.15, 0.2) is 0 Å². The smallest absolute Gasteiger partial charge is 0.209 e. The zero-order chi connectivity index (χ0) is 18.2. The first kappa shape index (κ1) is 18.9. The maximum absolute atomic E-state index is 5.20. The first-order chi connectivity index (χ1) is 12.8. The Hall–Kier alpha value is -1.83. The molecule has 1 aromatic heterocycles. The normalized spacial score (nSPS) is 21.6. The molecule has 1 atom stereocenters. The van der Waals surface area contributed by atoms with Crippen molar-refractivity contribution in [3.63, 3.8) is 0 Å². The van der Waals surface area contributed by atoms with Gasteiger partial charge in [-0.05, 0) is 10.4 Å². The van der Waals surface area contributed by atoms with Gasteiger partial charge in [0.2, 0.25) is 5.82 Å². The lowest BCUT2D eigenvalue weighted by Gasteiger charge is -2.34. The number of hydrogen-bond donors (Lipinski definition) is 2. The molecule has 0 unspecified atom stereocenters. The van der Waals surface area contributed by atoms with Crippen LogP contribution in [0.25, 0.3) is 0 Å². The zero-order valence-corrected chi connectivity index (χ0v) is 16.0. The molecule has 1 fully saturated rings. The molecule has 7 heteroatoms. The SMILES string of the molecule is CCC[C@H](c1nnnn1CCOC)[NH+]1CC[NH+](Cc2ccccc2)CC1. The lowest BCUT2D eigenvalue weighted by molar-refractivity contribution is -1.03. The minimum atomic E-state index is 0.380. The number of methoxy groups -OCH3 is 1. The minimum absolute atomic E-state index is 0.380. The Kier molecular flexibility index (Phi) is 7.11. The second kappa shape index (κ2) is 9.75. The number of benzene rings is 1. The van der Waals surface area contributed by atoms with Crippen molar-refractivity contribution >= 4 is 0 Å². The molecule has 0 spiro atoms. The van der Waals surface area contributed by atoms with Gasteiger partial charge in [-0.2, -0.15) is 0 Å².